The van der Waals surface area contributed by atoms with Crippen molar-refractivity contribution >= 4 is 43.6 Å². The fourth-order valence-corrected chi connectivity index (χ4v) is 6.07. The van der Waals surface area contributed by atoms with Crippen LogP contribution in [0.15, 0.2) is 77.2 Å². The summed E-state index contributed by atoms with van der Waals surface area (Å²) in [6.07, 6.45) is 1.08. The van der Waals surface area contributed by atoms with E-state index < -0.39 is 27.6 Å². The minimum absolute atomic E-state index is 0.0732. The summed E-state index contributed by atoms with van der Waals surface area (Å²) in [6, 6.07) is 18.8. The van der Waals surface area contributed by atoms with E-state index in [1.165, 1.54) is 44.4 Å². The molecule has 0 atom stereocenters. The predicted octanol–water partition coefficient (Wildman–Crippen LogP) is 6.17. The Bertz CT molecular complexity index is 2260. The topological polar surface area (TPSA) is 107 Å². The number of para-hydroxylation sites is 1. The van der Waals surface area contributed by atoms with Crippen LogP contribution in [0.5, 0.6) is 5.75 Å². The number of imidazole rings is 1. The number of aromatic nitrogens is 2. The summed E-state index contributed by atoms with van der Waals surface area (Å²) < 4.78 is 68.9. The first-order valence-electron chi connectivity index (χ1n) is 13.5. The Morgan fingerprint density at radius 3 is 2.48 bits per heavy atom. The Morgan fingerprint density at radius 2 is 1.75 bits per heavy atom. The lowest BCUT2D eigenvalue weighted by atomic mass is 9.96. The molecule has 0 saturated carbocycles. The molecule has 0 aliphatic carbocycles. The van der Waals surface area contributed by atoms with Crippen LogP contribution >= 0.6 is 0 Å². The van der Waals surface area contributed by atoms with Crippen LogP contribution in [0, 0.1) is 11.6 Å². The molecule has 1 amide bonds. The molecule has 0 spiro atoms. The molecule has 0 bridgehead atoms. The van der Waals surface area contributed by atoms with Gasteiger partial charge in [-0.1, -0.05) is 12.1 Å². The molecule has 4 aromatic carbocycles. The van der Waals surface area contributed by atoms with Crippen LogP contribution in [0.25, 0.3) is 55.8 Å². The largest absolute Gasteiger partial charge is 0.472 e. The van der Waals surface area contributed by atoms with E-state index in [1.807, 2.05) is 0 Å². The van der Waals surface area contributed by atoms with Crippen molar-refractivity contribution in [3.8, 4) is 39.6 Å². The van der Waals surface area contributed by atoms with E-state index >= 15 is 0 Å². The molecule has 3 heterocycles. The van der Waals surface area contributed by atoms with Crippen LogP contribution in [0.2, 0.25) is 0 Å². The number of carbonyl (C=O) groups excluding carboxylic acids is 1. The molecular formula is C32H24F2N4O5S. The van der Waals surface area contributed by atoms with Crippen molar-refractivity contribution in [1.82, 2.24) is 14.9 Å². The van der Waals surface area contributed by atoms with Crippen molar-refractivity contribution in [3.05, 3.63) is 90.0 Å². The zero-order chi connectivity index (χ0) is 30.9. The van der Waals surface area contributed by atoms with Gasteiger partial charge in [-0.2, -0.15) is 0 Å². The van der Waals surface area contributed by atoms with E-state index in [9.17, 15) is 22.0 Å². The molecule has 2 aromatic heterocycles. The lowest BCUT2D eigenvalue weighted by molar-refractivity contribution is 0.0964. The van der Waals surface area contributed by atoms with Gasteiger partial charge in [0, 0.05) is 36.7 Å². The molecular weight excluding hydrogens is 590 g/mol. The van der Waals surface area contributed by atoms with E-state index in [0.29, 0.717) is 55.9 Å². The van der Waals surface area contributed by atoms with Crippen molar-refractivity contribution in [3.63, 3.8) is 0 Å². The SMILES string of the molecule is CNC(=O)c1c(-c2ccc(F)cc2)oc2cc(N(C)S(C)(=O)=O)c(-c3ccc4c(c3)-c3nc5cccc(F)c5n3CO4)cc12. The smallest absolute Gasteiger partial charge is 0.255 e. The Morgan fingerprint density at radius 1 is 1.00 bits per heavy atom. The van der Waals surface area contributed by atoms with Crippen molar-refractivity contribution in [2.75, 3.05) is 24.7 Å². The number of carbonyl (C=O) groups is 1. The van der Waals surface area contributed by atoms with Crippen LogP contribution in [0.4, 0.5) is 14.5 Å². The molecule has 0 unspecified atom stereocenters. The van der Waals surface area contributed by atoms with E-state index in [-0.39, 0.29) is 23.6 Å². The first-order valence-corrected chi connectivity index (χ1v) is 15.3. The number of amides is 1. The normalized spacial score (nSPS) is 12.6. The van der Waals surface area contributed by atoms with Crippen molar-refractivity contribution in [1.29, 1.82) is 0 Å². The second kappa shape index (κ2) is 9.91. The number of rotatable bonds is 5. The molecule has 1 N–H and O–H groups in total. The molecule has 44 heavy (non-hydrogen) atoms. The van der Waals surface area contributed by atoms with E-state index in [0.717, 1.165) is 10.6 Å². The van der Waals surface area contributed by atoms with Gasteiger partial charge in [-0.15, -0.1) is 0 Å². The number of nitrogens with zero attached hydrogens (tertiary/aromatic N) is 3. The molecule has 1 aliphatic rings. The zero-order valence-corrected chi connectivity index (χ0v) is 24.5. The third-order valence-electron chi connectivity index (χ3n) is 7.80. The maximum atomic E-state index is 14.8. The van der Waals surface area contributed by atoms with Gasteiger partial charge in [-0.25, -0.2) is 22.2 Å². The molecule has 222 valence electrons. The average molecular weight is 615 g/mol. The number of nitrogens with one attached hydrogen (secondary N) is 1. The number of benzene rings is 4. The van der Waals surface area contributed by atoms with Crippen LogP contribution < -0.4 is 14.4 Å². The second-order valence-electron chi connectivity index (χ2n) is 10.4. The highest BCUT2D eigenvalue weighted by molar-refractivity contribution is 7.92. The highest BCUT2D eigenvalue weighted by atomic mass is 32.2. The highest BCUT2D eigenvalue weighted by Crippen LogP contribution is 2.44. The summed E-state index contributed by atoms with van der Waals surface area (Å²) in [5.74, 6) is -0.0693. The summed E-state index contributed by atoms with van der Waals surface area (Å²) in [4.78, 5) is 17.9. The van der Waals surface area contributed by atoms with Crippen LogP contribution in [0.3, 0.4) is 0 Å². The van der Waals surface area contributed by atoms with E-state index in [4.69, 9.17) is 9.15 Å². The number of anilines is 1. The number of hydrogen-bond acceptors (Lipinski definition) is 6. The van der Waals surface area contributed by atoms with Gasteiger partial charge in [-0.3, -0.25) is 13.7 Å². The number of ether oxygens (including phenoxy) is 1. The standard InChI is InChI=1S/C32H24F2N4O5S/c1-35-32(39)28-21-14-20(25(37(2)44(3,40)41)15-27(21)43-30(28)17-7-10-19(33)11-8-17)18-9-12-26-22(13-18)31-36-24-6-4-5-23(34)29(24)38(31)16-42-26/h4-15H,16H2,1-3H3,(H,35,39). The number of halogens is 2. The summed E-state index contributed by atoms with van der Waals surface area (Å²) in [6.45, 7) is 0.0732. The first kappa shape index (κ1) is 27.6. The first-order chi connectivity index (χ1) is 21.0. The third kappa shape index (κ3) is 4.29. The molecule has 12 heteroatoms. The number of hydrogen-bond donors (Lipinski definition) is 1. The maximum absolute atomic E-state index is 14.8. The van der Waals surface area contributed by atoms with Gasteiger partial charge < -0.3 is 14.5 Å². The summed E-state index contributed by atoms with van der Waals surface area (Å²) in [5.41, 5.74) is 3.68. The van der Waals surface area contributed by atoms with Gasteiger partial charge in [-0.05, 0) is 60.2 Å². The van der Waals surface area contributed by atoms with Crippen LogP contribution in [0.1, 0.15) is 10.4 Å². The van der Waals surface area contributed by atoms with Crippen molar-refractivity contribution in [2.45, 2.75) is 6.73 Å². The number of sulfonamides is 1. The lowest BCUT2D eigenvalue weighted by Gasteiger charge is -2.23. The number of furan rings is 1. The summed E-state index contributed by atoms with van der Waals surface area (Å²) in [7, 11) is -0.826. The van der Waals surface area contributed by atoms with Crippen molar-refractivity contribution in [2.24, 2.45) is 0 Å². The molecule has 6 aromatic rings. The number of fused-ring (bicyclic) bond motifs is 6. The Labute approximate surface area is 250 Å². The van der Waals surface area contributed by atoms with E-state index in [2.05, 4.69) is 10.3 Å². The van der Waals surface area contributed by atoms with Gasteiger partial charge >= 0.3 is 0 Å². The monoisotopic (exact) mass is 614 g/mol. The van der Waals surface area contributed by atoms with Crippen LogP contribution in [-0.2, 0) is 16.8 Å². The minimum Gasteiger partial charge on any atom is -0.472 e. The maximum Gasteiger partial charge on any atom is 0.255 e. The minimum atomic E-state index is -3.74. The van der Waals surface area contributed by atoms with Gasteiger partial charge in [0.05, 0.1) is 28.6 Å². The molecule has 7 rings (SSSR count). The predicted molar refractivity (Wildman–Crippen MR) is 163 cm³/mol. The molecule has 0 saturated heterocycles. The third-order valence-corrected chi connectivity index (χ3v) is 8.99. The van der Waals surface area contributed by atoms with Gasteiger partial charge in [0.15, 0.2) is 6.73 Å². The van der Waals surface area contributed by atoms with Gasteiger partial charge in [0.2, 0.25) is 10.0 Å². The fourth-order valence-electron chi connectivity index (χ4n) is 5.56. The Balaban J connectivity index is 1.50. The molecule has 0 radical (unpaired) electrons. The quantitative estimate of drug-likeness (QED) is 0.249. The van der Waals surface area contributed by atoms with Gasteiger partial charge in [0.1, 0.15) is 40.1 Å². The fraction of sp³-hybridized carbons (Fsp3) is 0.125. The molecule has 1 aliphatic heterocycles. The van der Waals surface area contributed by atoms with Crippen LogP contribution in [-0.4, -0.2) is 44.2 Å². The Kier molecular flexibility index (Phi) is 6.22. The van der Waals surface area contributed by atoms with Gasteiger partial charge in [0.25, 0.3) is 5.91 Å². The van der Waals surface area contributed by atoms with E-state index in [1.54, 1.807) is 47.0 Å². The second-order valence-corrected chi connectivity index (χ2v) is 12.5. The zero-order valence-electron chi connectivity index (χ0n) is 23.7. The highest BCUT2D eigenvalue weighted by Gasteiger charge is 2.28. The molecule has 0 fully saturated rings. The molecule has 9 nitrogen and oxygen atoms in total. The lowest BCUT2D eigenvalue weighted by Crippen LogP contribution is -2.25. The summed E-state index contributed by atoms with van der Waals surface area (Å²) >= 11 is 0. The average Bonchev–Trinajstić information content (AvgIpc) is 3.58. The van der Waals surface area contributed by atoms with Crippen molar-refractivity contribution < 1.29 is 31.1 Å². The Hall–Kier alpha value is -5.23. The summed E-state index contributed by atoms with van der Waals surface area (Å²) in [5, 5.41) is 3.06.